The Hall–Kier alpha value is -0.930. The Morgan fingerprint density at radius 2 is 2.29 bits per heavy atom. The first-order valence-corrected chi connectivity index (χ1v) is 8.31. The van der Waals surface area contributed by atoms with Crippen molar-refractivity contribution in [1.82, 2.24) is 5.32 Å². The summed E-state index contributed by atoms with van der Waals surface area (Å²) in [6.45, 7) is 6.00. The molecule has 1 heterocycles. The molecule has 1 aromatic carbocycles. The summed E-state index contributed by atoms with van der Waals surface area (Å²) < 4.78 is 19.8. The van der Waals surface area contributed by atoms with Gasteiger partial charge in [0.25, 0.3) is 0 Å². The lowest BCUT2D eigenvalue weighted by molar-refractivity contribution is 0.101. The average molecular weight is 293 g/mol. The van der Waals surface area contributed by atoms with Gasteiger partial charge in [-0.1, -0.05) is 24.6 Å². The normalized spacial score (nSPS) is 19.9. The van der Waals surface area contributed by atoms with E-state index >= 15 is 0 Å². The Morgan fingerprint density at radius 1 is 1.43 bits per heavy atom. The van der Waals surface area contributed by atoms with Crippen molar-refractivity contribution in [3.05, 3.63) is 35.1 Å². The van der Waals surface area contributed by atoms with Gasteiger partial charge in [-0.3, -0.25) is 0 Å². The van der Waals surface area contributed by atoms with Crippen molar-refractivity contribution in [2.45, 2.75) is 64.5 Å². The SMILES string of the molecule is CCCNC(CCCC1CCCO1)c1cc(C)ccc1F. The second-order valence-corrected chi connectivity index (χ2v) is 6.10. The second kappa shape index (κ2) is 8.50. The lowest BCUT2D eigenvalue weighted by Gasteiger charge is -2.21. The molecule has 2 unspecified atom stereocenters. The van der Waals surface area contributed by atoms with Crippen LogP contribution in [-0.2, 0) is 4.74 Å². The van der Waals surface area contributed by atoms with Gasteiger partial charge >= 0.3 is 0 Å². The summed E-state index contributed by atoms with van der Waals surface area (Å²) in [5.74, 6) is -0.0914. The van der Waals surface area contributed by atoms with Crippen molar-refractivity contribution in [2.75, 3.05) is 13.2 Å². The van der Waals surface area contributed by atoms with Gasteiger partial charge in [-0.05, 0) is 58.1 Å². The number of ether oxygens (including phenoxy) is 1. The fraction of sp³-hybridized carbons (Fsp3) is 0.667. The third-order valence-electron chi connectivity index (χ3n) is 4.21. The smallest absolute Gasteiger partial charge is 0.127 e. The van der Waals surface area contributed by atoms with Gasteiger partial charge in [0.2, 0.25) is 0 Å². The molecule has 1 fully saturated rings. The number of halogens is 1. The van der Waals surface area contributed by atoms with Crippen molar-refractivity contribution < 1.29 is 9.13 Å². The number of aryl methyl sites for hydroxylation is 1. The molecule has 3 heteroatoms. The standard InChI is InChI=1S/C18H28FNO/c1-3-11-20-18(8-4-6-15-7-5-12-21-15)16-13-14(2)9-10-17(16)19/h9-10,13,15,18,20H,3-8,11-12H2,1-2H3. The molecule has 118 valence electrons. The van der Waals surface area contributed by atoms with Crippen LogP contribution in [0.4, 0.5) is 4.39 Å². The maximum absolute atomic E-state index is 14.1. The molecule has 2 nitrogen and oxygen atoms in total. The highest BCUT2D eigenvalue weighted by Crippen LogP contribution is 2.25. The van der Waals surface area contributed by atoms with Crippen LogP contribution in [0.1, 0.15) is 62.6 Å². The van der Waals surface area contributed by atoms with E-state index in [-0.39, 0.29) is 11.9 Å². The third kappa shape index (κ3) is 5.08. The highest BCUT2D eigenvalue weighted by atomic mass is 19.1. The van der Waals surface area contributed by atoms with Gasteiger partial charge in [0, 0.05) is 18.2 Å². The zero-order valence-electron chi connectivity index (χ0n) is 13.3. The van der Waals surface area contributed by atoms with E-state index in [1.165, 1.54) is 12.8 Å². The molecule has 1 aliphatic rings. The van der Waals surface area contributed by atoms with Crippen LogP contribution in [0, 0.1) is 12.7 Å². The van der Waals surface area contributed by atoms with Crippen molar-refractivity contribution in [3.63, 3.8) is 0 Å². The molecule has 0 aromatic heterocycles. The van der Waals surface area contributed by atoms with E-state index in [4.69, 9.17) is 4.74 Å². The molecule has 2 rings (SSSR count). The summed E-state index contributed by atoms with van der Waals surface area (Å²) >= 11 is 0. The van der Waals surface area contributed by atoms with Gasteiger partial charge in [0.15, 0.2) is 0 Å². The lowest BCUT2D eigenvalue weighted by Crippen LogP contribution is -2.23. The topological polar surface area (TPSA) is 21.3 Å². The Bertz CT molecular complexity index is 429. The molecule has 2 atom stereocenters. The molecular formula is C18H28FNO. The molecule has 21 heavy (non-hydrogen) atoms. The van der Waals surface area contributed by atoms with Crippen LogP contribution < -0.4 is 5.32 Å². The molecule has 1 aromatic rings. The van der Waals surface area contributed by atoms with E-state index in [9.17, 15) is 4.39 Å². The number of hydrogen-bond acceptors (Lipinski definition) is 2. The molecule has 1 aliphatic heterocycles. The van der Waals surface area contributed by atoms with E-state index in [0.29, 0.717) is 6.10 Å². The van der Waals surface area contributed by atoms with Gasteiger partial charge in [-0.2, -0.15) is 0 Å². The summed E-state index contributed by atoms with van der Waals surface area (Å²) in [6, 6.07) is 5.52. The maximum Gasteiger partial charge on any atom is 0.127 e. The van der Waals surface area contributed by atoms with Crippen LogP contribution in [0.2, 0.25) is 0 Å². The Morgan fingerprint density at radius 3 is 3.00 bits per heavy atom. The van der Waals surface area contributed by atoms with Crippen molar-refractivity contribution in [2.24, 2.45) is 0 Å². The highest BCUT2D eigenvalue weighted by molar-refractivity contribution is 5.26. The molecule has 0 spiro atoms. The highest BCUT2D eigenvalue weighted by Gasteiger charge is 2.18. The number of benzene rings is 1. The predicted octanol–water partition coefficient (Wildman–Crippen LogP) is 4.52. The first-order chi connectivity index (χ1) is 10.2. The molecule has 0 amide bonds. The zero-order valence-corrected chi connectivity index (χ0v) is 13.3. The van der Waals surface area contributed by atoms with Gasteiger partial charge in [-0.15, -0.1) is 0 Å². The minimum Gasteiger partial charge on any atom is -0.378 e. The molecule has 1 saturated heterocycles. The largest absolute Gasteiger partial charge is 0.378 e. The van der Waals surface area contributed by atoms with Crippen LogP contribution >= 0.6 is 0 Å². The van der Waals surface area contributed by atoms with Gasteiger partial charge in [-0.25, -0.2) is 4.39 Å². The molecule has 0 saturated carbocycles. The van der Waals surface area contributed by atoms with Crippen LogP contribution in [0.25, 0.3) is 0 Å². The van der Waals surface area contributed by atoms with Crippen LogP contribution in [0.15, 0.2) is 18.2 Å². The zero-order chi connectivity index (χ0) is 15.1. The summed E-state index contributed by atoms with van der Waals surface area (Å²) in [4.78, 5) is 0. The van der Waals surface area contributed by atoms with Crippen LogP contribution in [0.5, 0.6) is 0 Å². The molecule has 1 N–H and O–H groups in total. The quantitative estimate of drug-likeness (QED) is 0.760. The summed E-state index contributed by atoms with van der Waals surface area (Å²) in [5, 5.41) is 3.50. The van der Waals surface area contributed by atoms with Gasteiger partial charge in [0.05, 0.1) is 6.10 Å². The number of nitrogens with one attached hydrogen (secondary N) is 1. The van der Waals surface area contributed by atoms with E-state index < -0.39 is 0 Å². The monoisotopic (exact) mass is 293 g/mol. The van der Waals surface area contributed by atoms with E-state index in [1.54, 1.807) is 6.07 Å². The van der Waals surface area contributed by atoms with Crippen molar-refractivity contribution >= 4 is 0 Å². The second-order valence-electron chi connectivity index (χ2n) is 6.10. The van der Waals surface area contributed by atoms with E-state index in [0.717, 1.165) is 50.0 Å². The van der Waals surface area contributed by atoms with Gasteiger partial charge in [0.1, 0.15) is 5.82 Å². The first kappa shape index (κ1) is 16.4. The Labute approximate surface area is 128 Å². The molecule has 0 aliphatic carbocycles. The van der Waals surface area contributed by atoms with Gasteiger partial charge < -0.3 is 10.1 Å². The van der Waals surface area contributed by atoms with E-state index in [2.05, 4.69) is 12.2 Å². The lowest BCUT2D eigenvalue weighted by atomic mass is 9.97. The fourth-order valence-electron chi connectivity index (χ4n) is 3.04. The Kier molecular flexibility index (Phi) is 6.65. The Balaban J connectivity index is 1.94. The minimum absolute atomic E-state index is 0.0914. The van der Waals surface area contributed by atoms with E-state index in [1.807, 2.05) is 19.1 Å². The molecule has 0 radical (unpaired) electrons. The van der Waals surface area contributed by atoms with Crippen molar-refractivity contribution in [3.8, 4) is 0 Å². The summed E-state index contributed by atoms with van der Waals surface area (Å²) in [6.07, 6.45) is 7.02. The molecule has 0 bridgehead atoms. The summed E-state index contributed by atoms with van der Waals surface area (Å²) in [7, 11) is 0. The third-order valence-corrected chi connectivity index (χ3v) is 4.21. The first-order valence-electron chi connectivity index (χ1n) is 8.31. The maximum atomic E-state index is 14.1. The predicted molar refractivity (Wildman–Crippen MR) is 85.0 cm³/mol. The van der Waals surface area contributed by atoms with Crippen molar-refractivity contribution in [1.29, 1.82) is 0 Å². The molecular weight excluding hydrogens is 265 g/mol. The summed E-state index contributed by atoms with van der Waals surface area (Å²) in [5.41, 5.74) is 1.93. The van der Waals surface area contributed by atoms with Crippen LogP contribution in [-0.4, -0.2) is 19.3 Å². The number of hydrogen-bond donors (Lipinski definition) is 1. The van der Waals surface area contributed by atoms with Crippen LogP contribution in [0.3, 0.4) is 0 Å². The average Bonchev–Trinajstić information content (AvgIpc) is 2.99. The minimum atomic E-state index is -0.0914. The number of rotatable bonds is 8. The fourth-order valence-corrected chi connectivity index (χ4v) is 3.04.